The predicted octanol–water partition coefficient (Wildman–Crippen LogP) is 1.95. The molecule has 2 aromatic rings. The Morgan fingerprint density at radius 2 is 1.73 bits per heavy atom. The van der Waals surface area contributed by atoms with Crippen molar-refractivity contribution in [3.8, 4) is 5.75 Å². The number of amides is 6. The van der Waals surface area contributed by atoms with Crippen molar-refractivity contribution in [2.75, 3.05) is 19.0 Å². The van der Waals surface area contributed by atoms with E-state index in [-0.39, 0.29) is 0 Å². The summed E-state index contributed by atoms with van der Waals surface area (Å²) in [6, 6.07) is 9.87. The molecule has 3 rings (SSSR count). The van der Waals surface area contributed by atoms with Crippen molar-refractivity contribution in [3.05, 3.63) is 59.9 Å². The molecule has 2 aromatic carbocycles. The van der Waals surface area contributed by atoms with Crippen LogP contribution in [0, 0.1) is 5.82 Å². The summed E-state index contributed by atoms with van der Waals surface area (Å²) in [7, 11) is 1.50. The van der Waals surface area contributed by atoms with E-state index in [2.05, 4.69) is 16.0 Å². The molecule has 1 aliphatic heterocycles. The Labute approximate surface area is 171 Å². The lowest BCUT2D eigenvalue weighted by molar-refractivity contribution is -0.134. The molecular formula is C20H19FN4O5. The quantitative estimate of drug-likeness (QED) is 0.647. The number of nitrogens with zero attached hydrogens (tertiary/aromatic N) is 1. The molecular weight excluding hydrogens is 395 g/mol. The molecule has 3 N–H and O–H groups in total. The summed E-state index contributed by atoms with van der Waals surface area (Å²) in [6.07, 6.45) is 0. The van der Waals surface area contributed by atoms with Crippen LogP contribution in [0.3, 0.4) is 0 Å². The van der Waals surface area contributed by atoms with E-state index in [4.69, 9.17) is 4.74 Å². The van der Waals surface area contributed by atoms with Crippen molar-refractivity contribution in [2.45, 2.75) is 12.5 Å². The predicted molar refractivity (Wildman–Crippen MR) is 104 cm³/mol. The van der Waals surface area contributed by atoms with Gasteiger partial charge in [0, 0.05) is 5.69 Å². The highest BCUT2D eigenvalue weighted by atomic mass is 19.1. The van der Waals surface area contributed by atoms with Crippen LogP contribution in [-0.4, -0.2) is 42.4 Å². The first kappa shape index (κ1) is 20.8. The van der Waals surface area contributed by atoms with Gasteiger partial charge in [0.1, 0.15) is 23.7 Å². The van der Waals surface area contributed by atoms with Gasteiger partial charge in [-0.2, -0.15) is 0 Å². The van der Waals surface area contributed by atoms with Crippen LogP contribution in [0.1, 0.15) is 12.5 Å². The van der Waals surface area contributed by atoms with E-state index in [9.17, 15) is 23.6 Å². The van der Waals surface area contributed by atoms with Crippen LogP contribution in [0.25, 0.3) is 0 Å². The molecule has 6 amide bonds. The standard InChI is InChI=1S/C20H19FN4O5/c1-20(12-3-5-13(21)6-4-12)17(27)25(19(29)24-20)11-16(26)23-18(28)22-14-7-9-15(30-2)10-8-14/h3-10H,11H2,1-2H3,(H,24,29)(H2,22,23,26,28). The molecule has 1 saturated heterocycles. The van der Waals surface area contributed by atoms with Crippen molar-refractivity contribution in [1.82, 2.24) is 15.5 Å². The molecule has 0 radical (unpaired) electrons. The van der Waals surface area contributed by atoms with E-state index in [1.807, 2.05) is 0 Å². The summed E-state index contributed by atoms with van der Waals surface area (Å²) in [5, 5.41) is 7.01. The zero-order chi connectivity index (χ0) is 21.9. The Morgan fingerprint density at radius 1 is 1.10 bits per heavy atom. The maximum atomic E-state index is 13.2. The Balaban J connectivity index is 1.61. The van der Waals surface area contributed by atoms with Gasteiger partial charge in [-0.1, -0.05) is 12.1 Å². The lowest BCUT2D eigenvalue weighted by Crippen LogP contribution is -2.45. The number of methoxy groups -OCH3 is 1. The topological polar surface area (TPSA) is 117 Å². The largest absolute Gasteiger partial charge is 0.497 e. The number of anilines is 1. The molecule has 1 heterocycles. The van der Waals surface area contributed by atoms with Crippen LogP contribution in [0.4, 0.5) is 19.7 Å². The molecule has 1 aliphatic rings. The number of benzene rings is 2. The number of hydrogen-bond acceptors (Lipinski definition) is 5. The molecule has 0 saturated carbocycles. The third-order valence-electron chi connectivity index (χ3n) is 4.60. The van der Waals surface area contributed by atoms with E-state index >= 15 is 0 Å². The second-order valence-corrected chi connectivity index (χ2v) is 6.68. The molecule has 1 unspecified atom stereocenters. The number of ether oxygens (including phenoxy) is 1. The lowest BCUT2D eigenvalue weighted by Gasteiger charge is -2.22. The van der Waals surface area contributed by atoms with Crippen LogP contribution >= 0.6 is 0 Å². The Kier molecular flexibility index (Phi) is 5.67. The molecule has 30 heavy (non-hydrogen) atoms. The zero-order valence-electron chi connectivity index (χ0n) is 16.2. The van der Waals surface area contributed by atoms with Gasteiger partial charge in [-0.25, -0.2) is 14.0 Å². The van der Waals surface area contributed by atoms with Gasteiger partial charge in [-0.05, 0) is 48.9 Å². The summed E-state index contributed by atoms with van der Waals surface area (Å²) in [6.45, 7) is 0.798. The minimum absolute atomic E-state index is 0.363. The smallest absolute Gasteiger partial charge is 0.325 e. The minimum atomic E-state index is -1.45. The van der Waals surface area contributed by atoms with E-state index < -0.39 is 41.8 Å². The monoisotopic (exact) mass is 414 g/mol. The number of hydrogen-bond donors (Lipinski definition) is 3. The van der Waals surface area contributed by atoms with Gasteiger partial charge in [0.25, 0.3) is 5.91 Å². The summed E-state index contributed by atoms with van der Waals surface area (Å²) in [4.78, 5) is 49.8. The number of carbonyl (C=O) groups is 4. The third-order valence-corrected chi connectivity index (χ3v) is 4.60. The first-order valence-electron chi connectivity index (χ1n) is 8.88. The highest BCUT2D eigenvalue weighted by molar-refractivity contribution is 6.10. The highest BCUT2D eigenvalue weighted by Gasteiger charge is 2.49. The Hall–Kier alpha value is -3.95. The molecule has 156 valence electrons. The molecule has 1 fully saturated rings. The van der Waals surface area contributed by atoms with Crippen molar-refractivity contribution in [2.24, 2.45) is 0 Å². The molecule has 1 atom stereocenters. The van der Waals surface area contributed by atoms with E-state index in [1.165, 1.54) is 38.3 Å². The first-order valence-corrected chi connectivity index (χ1v) is 8.88. The maximum absolute atomic E-state index is 13.2. The van der Waals surface area contributed by atoms with Crippen molar-refractivity contribution in [1.29, 1.82) is 0 Å². The summed E-state index contributed by atoms with van der Waals surface area (Å²) < 4.78 is 18.2. The fourth-order valence-electron chi connectivity index (χ4n) is 2.97. The van der Waals surface area contributed by atoms with Crippen LogP contribution in [0.5, 0.6) is 5.75 Å². The number of halogens is 1. The van der Waals surface area contributed by atoms with Crippen molar-refractivity contribution in [3.63, 3.8) is 0 Å². The van der Waals surface area contributed by atoms with Crippen molar-refractivity contribution < 1.29 is 28.3 Å². The van der Waals surface area contributed by atoms with E-state index in [0.29, 0.717) is 21.9 Å². The number of urea groups is 2. The summed E-state index contributed by atoms with van der Waals surface area (Å²) in [5.41, 5.74) is -0.668. The fraction of sp³-hybridized carbons (Fsp3) is 0.200. The minimum Gasteiger partial charge on any atom is -0.497 e. The molecule has 9 nitrogen and oxygen atoms in total. The van der Waals surface area contributed by atoms with Gasteiger partial charge in [0.2, 0.25) is 5.91 Å². The number of rotatable bonds is 5. The Bertz CT molecular complexity index is 993. The third kappa shape index (κ3) is 4.22. The number of carbonyl (C=O) groups excluding carboxylic acids is 4. The SMILES string of the molecule is COc1ccc(NC(=O)NC(=O)CN2C(=O)NC(C)(c3ccc(F)cc3)C2=O)cc1. The van der Waals surface area contributed by atoms with E-state index in [1.54, 1.807) is 24.3 Å². The normalized spacial score (nSPS) is 18.0. The van der Waals surface area contributed by atoms with Crippen LogP contribution in [-0.2, 0) is 15.1 Å². The van der Waals surface area contributed by atoms with E-state index in [0.717, 1.165) is 0 Å². The average molecular weight is 414 g/mol. The van der Waals surface area contributed by atoms with Gasteiger partial charge in [0.15, 0.2) is 0 Å². The van der Waals surface area contributed by atoms with Crippen molar-refractivity contribution >= 4 is 29.6 Å². The van der Waals surface area contributed by atoms with Gasteiger partial charge >= 0.3 is 12.1 Å². The Morgan fingerprint density at radius 3 is 2.33 bits per heavy atom. The molecule has 0 aliphatic carbocycles. The number of nitrogens with one attached hydrogen (secondary N) is 3. The summed E-state index contributed by atoms with van der Waals surface area (Å²) >= 11 is 0. The fourth-order valence-corrected chi connectivity index (χ4v) is 2.97. The average Bonchev–Trinajstić information content (AvgIpc) is 2.92. The van der Waals surface area contributed by atoms with Crippen LogP contribution in [0.2, 0.25) is 0 Å². The zero-order valence-corrected chi connectivity index (χ0v) is 16.2. The molecule has 0 spiro atoms. The van der Waals surface area contributed by atoms with Crippen LogP contribution < -0.4 is 20.7 Å². The molecule has 0 aromatic heterocycles. The van der Waals surface area contributed by atoms with Crippen LogP contribution in [0.15, 0.2) is 48.5 Å². The molecule has 10 heteroatoms. The first-order chi connectivity index (χ1) is 14.2. The van der Waals surface area contributed by atoms with Gasteiger partial charge in [0.05, 0.1) is 7.11 Å². The summed E-state index contributed by atoms with van der Waals surface area (Å²) in [5.74, 6) is -1.43. The maximum Gasteiger partial charge on any atom is 0.325 e. The lowest BCUT2D eigenvalue weighted by atomic mass is 9.92. The van der Waals surface area contributed by atoms with Gasteiger partial charge in [-0.3, -0.25) is 19.8 Å². The van der Waals surface area contributed by atoms with Gasteiger partial charge in [-0.15, -0.1) is 0 Å². The molecule has 0 bridgehead atoms. The second-order valence-electron chi connectivity index (χ2n) is 6.68. The van der Waals surface area contributed by atoms with Gasteiger partial charge < -0.3 is 15.4 Å². The highest BCUT2D eigenvalue weighted by Crippen LogP contribution is 2.28. The second kappa shape index (κ2) is 8.19. The number of imide groups is 2.